The van der Waals surface area contributed by atoms with Gasteiger partial charge in [-0.3, -0.25) is 29.4 Å². The molecule has 8 nitrogen and oxygen atoms in total. The van der Waals surface area contributed by atoms with E-state index in [-0.39, 0.29) is 5.69 Å². The number of nitrogens with one attached hydrogen (secondary N) is 1. The van der Waals surface area contributed by atoms with Gasteiger partial charge in [-0.15, -0.1) is 23.2 Å². The summed E-state index contributed by atoms with van der Waals surface area (Å²) in [7, 11) is 0. The molecule has 7 rings (SSSR count). The zero-order valence-electron chi connectivity index (χ0n) is 19.4. The zero-order valence-corrected chi connectivity index (χ0v) is 20.9. The van der Waals surface area contributed by atoms with Crippen LogP contribution in [0, 0.1) is 22.0 Å². The van der Waals surface area contributed by atoms with Gasteiger partial charge in [-0.05, 0) is 41.3 Å². The Balaban J connectivity index is 1.40. The first-order valence-corrected chi connectivity index (χ1v) is 12.4. The number of benzene rings is 3. The number of imide groups is 1. The number of alkyl halides is 2. The molecule has 1 N–H and O–H groups in total. The molecule has 3 aromatic rings. The lowest BCUT2D eigenvalue weighted by Gasteiger charge is -2.54. The van der Waals surface area contributed by atoms with Gasteiger partial charge in [0.15, 0.2) is 0 Å². The van der Waals surface area contributed by atoms with Crippen LogP contribution in [0.3, 0.4) is 0 Å². The molecule has 0 saturated carbocycles. The lowest BCUT2D eigenvalue weighted by atomic mass is 9.54. The van der Waals surface area contributed by atoms with Gasteiger partial charge in [0, 0.05) is 17.8 Å². The lowest BCUT2D eigenvalue weighted by Crippen LogP contribution is -2.57. The van der Waals surface area contributed by atoms with Crippen LogP contribution in [0.15, 0.2) is 72.8 Å². The van der Waals surface area contributed by atoms with Crippen molar-refractivity contribution in [2.45, 2.75) is 22.7 Å². The van der Waals surface area contributed by atoms with Crippen LogP contribution in [-0.2, 0) is 24.1 Å². The second-order valence-electron chi connectivity index (χ2n) is 9.49. The molecule has 186 valence electrons. The van der Waals surface area contributed by atoms with E-state index in [4.69, 9.17) is 23.2 Å². The Morgan fingerprint density at radius 3 is 1.65 bits per heavy atom. The quantitative estimate of drug-likeness (QED) is 0.228. The number of non-ortho nitro benzene ring substituents is 1. The summed E-state index contributed by atoms with van der Waals surface area (Å²) in [5, 5.41) is 13.5. The summed E-state index contributed by atoms with van der Waals surface area (Å²) in [6.45, 7) is 1.46. The zero-order chi connectivity index (χ0) is 26.3. The first-order valence-electron chi connectivity index (χ1n) is 11.6. The molecular weight excluding hydrogens is 517 g/mol. The van der Waals surface area contributed by atoms with Gasteiger partial charge in [0.1, 0.15) is 15.8 Å². The topological polar surface area (TPSA) is 110 Å². The molecule has 1 fully saturated rings. The van der Waals surface area contributed by atoms with Gasteiger partial charge >= 0.3 is 0 Å². The van der Waals surface area contributed by atoms with E-state index in [0.717, 1.165) is 4.90 Å². The highest BCUT2D eigenvalue weighted by molar-refractivity contribution is 6.36. The van der Waals surface area contributed by atoms with Crippen molar-refractivity contribution in [3.05, 3.63) is 105 Å². The van der Waals surface area contributed by atoms with E-state index in [9.17, 15) is 24.5 Å². The third-order valence-corrected chi connectivity index (χ3v) is 9.02. The average molecular weight is 536 g/mol. The first-order chi connectivity index (χ1) is 17.6. The van der Waals surface area contributed by atoms with Crippen molar-refractivity contribution in [2.75, 3.05) is 5.32 Å². The number of likely N-dealkylation sites (tertiary alicyclic amines) is 1. The van der Waals surface area contributed by atoms with Crippen LogP contribution in [0.5, 0.6) is 0 Å². The maximum absolute atomic E-state index is 13.9. The number of carbonyl (C=O) groups is 3. The number of halogens is 2. The predicted molar refractivity (Wildman–Crippen MR) is 136 cm³/mol. The molecule has 2 bridgehead atoms. The van der Waals surface area contributed by atoms with E-state index in [1.54, 1.807) is 0 Å². The highest BCUT2D eigenvalue weighted by Crippen LogP contribution is 2.69. The van der Waals surface area contributed by atoms with Crippen LogP contribution < -0.4 is 5.32 Å². The number of anilines is 1. The molecule has 0 unspecified atom stereocenters. The monoisotopic (exact) mass is 535 g/mol. The van der Waals surface area contributed by atoms with Crippen molar-refractivity contribution in [1.82, 2.24) is 4.90 Å². The Hall–Kier alpha value is -3.75. The molecule has 0 aromatic heterocycles. The van der Waals surface area contributed by atoms with Crippen LogP contribution in [0.2, 0.25) is 0 Å². The molecule has 10 heteroatoms. The third-order valence-electron chi connectivity index (χ3n) is 7.73. The summed E-state index contributed by atoms with van der Waals surface area (Å²) in [5.41, 5.74) is 2.88. The first kappa shape index (κ1) is 23.6. The number of amides is 3. The smallest absolute Gasteiger partial charge is 0.269 e. The van der Waals surface area contributed by atoms with E-state index in [1.807, 2.05) is 48.5 Å². The average Bonchev–Trinajstić information content (AvgIpc) is 3.18. The molecule has 0 radical (unpaired) electrons. The van der Waals surface area contributed by atoms with E-state index in [0.29, 0.717) is 27.9 Å². The highest BCUT2D eigenvalue weighted by Gasteiger charge is 2.73. The highest BCUT2D eigenvalue weighted by atomic mass is 35.5. The molecule has 1 aliphatic heterocycles. The molecule has 37 heavy (non-hydrogen) atoms. The third kappa shape index (κ3) is 2.94. The maximum Gasteiger partial charge on any atom is 0.269 e. The Labute approximate surface area is 221 Å². The SMILES string of the molecule is C[C@H](C(=O)Nc1ccc([N+](=O)[O-])cc1)N1C(=O)[C@@H]2[C@H](C1=O)C1(Cl)c3ccccc3C2(Cl)c2ccccc21. The number of hydrogen-bond acceptors (Lipinski definition) is 5. The van der Waals surface area contributed by atoms with Crippen LogP contribution in [-0.4, -0.2) is 33.6 Å². The molecule has 3 aliphatic carbocycles. The minimum absolute atomic E-state index is 0.130. The van der Waals surface area contributed by atoms with Gasteiger partial charge in [0.2, 0.25) is 17.7 Å². The fourth-order valence-electron chi connectivity index (χ4n) is 6.10. The van der Waals surface area contributed by atoms with Gasteiger partial charge in [-0.1, -0.05) is 48.5 Å². The normalized spacial score (nSPS) is 27.8. The minimum Gasteiger partial charge on any atom is -0.324 e. The van der Waals surface area contributed by atoms with Crippen LogP contribution >= 0.6 is 23.2 Å². The van der Waals surface area contributed by atoms with Gasteiger partial charge in [-0.25, -0.2) is 0 Å². The number of rotatable bonds is 4. The van der Waals surface area contributed by atoms with Crippen molar-refractivity contribution in [3.8, 4) is 0 Å². The summed E-state index contributed by atoms with van der Waals surface area (Å²) in [6, 6.07) is 18.7. The molecule has 3 atom stereocenters. The van der Waals surface area contributed by atoms with E-state index < -0.39 is 50.3 Å². The van der Waals surface area contributed by atoms with Gasteiger partial charge in [0.05, 0.1) is 16.8 Å². The second-order valence-corrected chi connectivity index (χ2v) is 10.7. The number of hydrogen-bond donors (Lipinski definition) is 1. The van der Waals surface area contributed by atoms with Crippen molar-refractivity contribution >= 4 is 52.3 Å². The summed E-state index contributed by atoms with van der Waals surface area (Å²) >= 11 is 14.8. The van der Waals surface area contributed by atoms with Crippen LogP contribution in [0.1, 0.15) is 29.2 Å². The Morgan fingerprint density at radius 1 is 0.865 bits per heavy atom. The summed E-state index contributed by atoms with van der Waals surface area (Å²) in [6.07, 6.45) is 0. The van der Waals surface area contributed by atoms with Gasteiger partial charge in [0.25, 0.3) is 5.69 Å². The summed E-state index contributed by atoms with van der Waals surface area (Å²) < 4.78 is 0. The van der Waals surface area contributed by atoms with Crippen LogP contribution in [0.4, 0.5) is 11.4 Å². The Kier molecular flexibility index (Phi) is 5.03. The summed E-state index contributed by atoms with van der Waals surface area (Å²) in [5.74, 6) is -3.75. The van der Waals surface area contributed by atoms with Crippen LogP contribution in [0.25, 0.3) is 0 Å². The summed E-state index contributed by atoms with van der Waals surface area (Å²) in [4.78, 5) is 49.7. The fraction of sp³-hybridized carbons (Fsp3) is 0.222. The fourth-order valence-corrected chi connectivity index (χ4v) is 7.20. The predicted octanol–water partition coefficient (Wildman–Crippen LogP) is 4.52. The number of nitro benzene ring substituents is 1. The molecule has 4 aliphatic rings. The number of nitro groups is 1. The number of carbonyl (C=O) groups excluding carboxylic acids is 3. The minimum atomic E-state index is -1.33. The standard InChI is InChI=1S/C27H19Cl2N3O5/c1-14(23(33)30-15-10-12-16(13-11-15)32(36)37)31-24(34)21-22(25(31)35)27(29)18-7-3-2-6-17(18)26(21,28)19-8-4-5-9-20(19)27/h2-14,21-22H,1H3,(H,30,33)/t14-,21-,22+,26?,27?/m1/s1. The molecule has 1 heterocycles. The van der Waals surface area contributed by atoms with E-state index in [2.05, 4.69) is 5.32 Å². The van der Waals surface area contributed by atoms with E-state index in [1.165, 1.54) is 31.2 Å². The largest absolute Gasteiger partial charge is 0.324 e. The molecule has 1 saturated heterocycles. The lowest BCUT2D eigenvalue weighted by molar-refractivity contribution is -0.384. The Bertz CT molecular complexity index is 1400. The Morgan fingerprint density at radius 2 is 1.27 bits per heavy atom. The van der Waals surface area contributed by atoms with Gasteiger partial charge < -0.3 is 5.32 Å². The molecule has 3 aromatic carbocycles. The van der Waals surface area contributed by atoms with Crippen molar-refractivity contribution < 1.29 is 19.3 Å². The maximum atomic E-state index is 13.9. The van der Waals surface area contributed by atoms with Crippen molar-refractivity contribution in [3.63, 3.8) is 0 Å². The van der Waals surface area contributed by atoms with Gasteiger partial charge in [-0.2, -0.15) is 0 Å². The molecule has 3 amide bonds. The van der Waals surface area contributed by atoms with Crippen molar-refractivity contribution in [2.24, 2.45) is 11.8 Å². The van der Waals surface area contributed by atoms with Crippen molar-refractivity contribution in [1.29, 1.82) is 0 Å². The second kappa shape index (κ2) is 7.87. The molecule has 0 spiro atoms. The van der Waals surface area contributed by atoms with E-state index >= 15 is 0 Å². The number of nitrogens with zero attached hydrogens (tertiary/aromatic N) is 2. The molecular formula is C27H19Cl2N3O5.